The Morgan fingerprint density at radius 1 is 1.25 bits per heavy atom. The van der Waals surface area contributed by atoms with Crippen LogP contribution in [0.1, 0.15) is 41.8 Å². The number of hydrogen-bond acceptors (Lipinski definition) is 4. The molecule has 0 saturated heterocycles. The number of rotatable bonds is 3. The van der Waals surface area contributed by atoms with Gasteiger partial charge < -0.3 is 10.3 Å². The Morgan fingerprint density at radius 2 is 2.00 bits per heavy atom. The van der Waals surface area contributed by atoms with Gasteiger partial charge >= 0.3 is 0 Å². The average molecular weight is 215 g/mol. The van der Waals surface area contributed by atoms with Crippen molar-refractivity contribution in [2.45, 2.75) is 24.8 Å². The minimum absolute atomic E-state index is 0.299. The first-order valence-electron chi connectivity index (χ1n) is 5.46. The van der Waals surface area contributed by atoms with Gasteiger partial charge in [0.15, 0.2) is 5.82 Å². The lowest BCUT2D eigenvalue weighted by Crippen LogP contribution is -2.13. The predicted molar refractivity (Wildman–Crippen MR) is 58.7 cm³/mol. The molecule has 16 heavy (non-hydrogen) atoms. The molecule has 1 aliphatic carbocycles. The highest BCUT2D eigenvalue weighted by atomic mass is 16.5. The summed E-state index contributed by atoms with van der Waals surface area (Å²) in [6.07, 6.45) is 3.93. The number of benzene rings is 1. The molecule has 1 heterocycles. The highest BCUT2D eigenvalue weighted by molar-refractivity contribution is 5.31. The molecule has 3 rings (SSSR count). The molecule has 0 radical (unpaired) electrons. The third kappa shape index (κ3) is 1.72. The van der Waals surface area contributed by atoms with Crippen molar-refractivity contribution in [3.63, 3.8) is 0 Å². The molecule has 0 bridgehead atoms. The molecule has 1 aromatic heterocycles. The van der Waals surface area contributed by atoms with E-state index in [0.717, 1.165) is 11.5 Å². The molecule has 1 unspecified atom stereocenters. The zero-order valence-electron chi connectivity index (χ0n) is 8.84. The largest absolute Gasteiger partial charge is 0.343 e. The Bertz CT molecular complexity index is 460. The molecule has 1 aliphatic rings. The van der Waals surface area contributed by atoms with E-state index in [-0.39, 0.29) is 6.04 Å². The smallest absolute Gasteiger partial charge is 0.213 e. The average Bonchev–Trinajstić information content (AvgIpc) is 3.04. The summed E-state index contributed by atoms with van der Waals surface area (Å²) < 4.78 is 4.69. The maximum Gasteiger partial charge on any atom is 0.213 e. The van der Waals surface area contributed by atoms with Crippen LogP contribution < -0.4 is 5.73 Å². The first-order chi connectivity index (χ1) is 7.84. The van der Waals surface area contributed by atoms with Crippen LogP contribution in [-0.4, -0.2) is 10.1 Å². The predicted octanol–water partition coefficient (Wildman–Crippen LogP) is 2.00. The number of hydrogen-bond donors (Lipinski definition) is 1. The third-order valence-corrected chi connectivity index (χ3v) is 3.00. The van der Waals surface area contributed by atoms with E-state index >= 15 is 0 Å². The van der Waals surface area contributed by atoms with Crippen molar-refractivity contribution in [3.8, 4) is 0 Å². The Labute approximate surface area is 93.5 Å². The van der Waals surface area contributed by atoms with E-state index < -0.39 is 0 Å². The zero-order valence-corrected chi connectivity index (χ0v) is 8.84. The fraction of sp³-hybridized carbons (Fsp3) is 0.333. The van der Waals surface area contributed by atoms with Gasteiger partial charge in [0, 0.05) is 0 Å². The lowest BCUT2D eigenvalue weighted by atomic mass is 10.0. The monoisotopic (exact) mass is 215 g/mol. The van der Waals surface area contributed by atoms with E-state index in [9.17, 15) is 0 Å². The summed E-state index contributed by atoms with van der Waals surface area (Å²) in [5.74, 6) is 1.30. The molecule has 4 nitrogen and oxygen atoms in total. The van der Waals surface area contributed by atoms with Crippen LogP contribution in [0.4, 0.5) is 0 Å². The fourth-order valence-electron chi connectivity index (χ4n) is 1.86. The summed E-state index contributed by atoms with van der Waals surface area (Å²) in [6, 6.07) is 8.09. The third-order valence-electron chi connectivity index (χ3n) is 3.00. The van der Waals surface area contributed by atoms with E-state index in [1.165, 1.54) is 24.8 Å². The second-order valence-corrected chi connectivity index (χ2v) is 4.21. The summed E-state index contributed by atoms with van der Waals surface area (Å²) in [7, 11) is 0. The highest BCUT2D eigenvalue weighted by Gasteiger charge is 2.23. The number of nitrogens with two attached hydrogens (primary N) is 1. The summed E-state index contributed by atoms with van der Waals surface area (Å²) in [5, 5.41) is 3.75. The molecular weight excluding hydrogens is 202 g/mol. The van der Waals surface area contributed by atoms with Crippen molar-refractivity contribution >= 4 is 0 Å². The molecule has 1 fully saturated rings. The van der Waals surface area contributed by atoms with Crippen molar-refractivity contribution in [3.05, 3.63) is 47.6 Å². The number of aromatic nitrogens is 2. The van der Waals surface area contributed by atoms with Crippen molar-refractivity contribution in [1.82, 2.24) is 10.1 Å². The zero-order chi connectivity index (χ0) is 11.0. The van der Waals surface area contributed by atoms with E-state index in [2.05, 4.69) is 38.9 Å². The van der Waals surface area contributed by atoms with Gasteiger partial charge in [-0.05, 0) is 29.9 Å². The SMILES string of the molecule is NC(c1ccc(C2CC2)cc1)c1ncon1. The minimum Gasteiger partial charge on any atom is -0.343 e. The Morgan fingerprint density at radius 3 is 2.56 bits per heavy atom. The van der Waals surface area contributed by atoms with E-state index in [4.69, 9.17) is 5.73 Å². The van der Waals surface area contributed by atoms with Crippen LogP contribution >= 0.6 is 0 Å². The van der Waals surface area contributed by atoms with Gasteiger partial charge in [-0.3, -0.25) is 0 Å². The standard InChI is InChI=1S/C12H13N3O/c13-11(12-14-7-16-15-12)10-5-3-9(4-6-10)8-1-2-8/h3-8,11H,1-2,13H2. The van der Waals surface area contributed by atoms with E-state index in [1.54, 1.807) is 0 Å². The Balaban J connectivity index is 1.83. The summed E-state index contributed by atoms with van der Waals surface area (Å²) in [6.45, 7) is 0. The Hall–Kier alpha value is -1.68. The Kier molecular flexibility index (Phi) is 2.22. The van der Waals surface area contributed by atoms with Gasteiger partial charge in [-0.2, -0.15) is 4.98 Å². The lowest BCUT2D eigenvalue weighted by Gasteiger charge is -2.08. The lowest BCUT2D eigenvalue weighted by molar-refractivity contribution is 0.407. The van der Waals surface area contributed by atoms with Gasteiger partial charge in [0.1, 0.15) is 0 Å². The van der Waals surface area contributed by atoms with Gasteiger partial charge in [0.2, 0.25) is 6.39 Å². The topological polar surface area (TPSA) is 64.9 Å². The molecule has 0 aliphatic heterocycles. The van der Waals surface area contributed by atoms with Crippen molar-refractivity contribution in [2.24, 2.45) is 5.73 Å². The molecule has 1 atom stereocenters. The first-order valence-corrected chi connectivity index (χ1v) is 5.46. The highest BCUT2D eigenvalue weighted by Crippen LogP contribution is 2.40. The molecule has 0 amide bonds. The minimum atomic E-state index is -0.299. The molecule has 82 valence electrons. The van der Waals surface area contributed by atoms with E-state index in [0.29, 0.717) is 5.82 Å². The van der Waals surface area contributed by atoms with Crippen molar-refractivity contribution < 1.29 is 4.52 Å². The fourth-order valence-corrected chi connectivity index (χ4v) is 1.86. The summed E-state index contributed by atoms with van der Waals surface area (Å²) in [4.78, 5) is 3.96. The second-order valence-electron chi connectivity index (χ2n) is 4.21. The van der Waals surface area contributed by atoms with Crippen molar-refractivity contribution in [1.29, 1.82) is 0 Å². The normalized spacial score (nSPS) is 17.3. The van der Waals surface area contributed by atoms with Crippen LogP contribution in [0.2, 0.25) is 0 Å². The van der Waals surface area contributed by atoms with Crippen LogP contribution in [0.15, 0.2) is 35.2 Å². The first kappa shape index (κ1) is 9.54. The quantitative estimate of drug-likeness (QED) is 0.850. The van der Waals surface area contributed by atoms with Crippen LogP contribution in [0.3, 0.4) is 0 Å². The number of nitrogens with zero attached hydrogens (tertiary/aromatic N) is 2. The molecular formula is C12H13N3O. The van der Waals surface area contributed by atoms with Gasteiger partial charge in [0.05, 0.1) is 6.04 Å². The molecule has 2 N–H and O–H groups in total. The van der Waals surface area contributed by atoms with Crippen LogP contribution in [0, 0.1) is 0 Å². The van der Waals surface area contributed by atoms with Gasteiger partial charge in [-0.1, -0.05) is 29.4 Å². The molecule has 2 aromatic rings. The molecule has 0 spiro atoms. The second kappa shape index (κ2) is 3.72. The van der Waals surface area contributed by atoms with Crippen LogP contribution in [0.25, 0.3) is 0 Å². The van der Waals surface area contributed by atoms with E-state index in [1.807, 2.05) is 0 Å². The van der Waals surface area contributed by atoms with Crippen molar-refractivity contribution in [2.75, 3.05) is 0 Å². The summed E-state index contributed by atoms with van der Waals surface area (Å²) in [5.41, 5.74) is 8.44. The molecule has 4 heteroatoms. The summed E-state index contributed by atoms with van der Waals surface area (Å²) >= 11 is 0. The molecule has 1 saturated carbocycles. The van der Waals surface area contributed by atoms with Crippen LogP contribution in [-0.2, 0) is 0 Å². The van der Waals surface area contributed by atoms with Gasteiger partial charge in [-0.25, -0.2) is 0 Å². The van der Waals surface area contributed by atoms with Crippen LogP contribution in [0.5, 0.6) is 0 Å². The molecule has 1 aromatic carbocycles. The van der Waals surface area contributed by atoms with Gasteiger partial charge in [-0.15, -0.1) is 0 Å². The maximum atomic E-state index is 6.02. The van der Waals surface area contributed by atoms with Gasteiger partial charge in [0.25, 0.3) is 0 Å². The maximum absolute atomic E-state index is 6.02.